The van der Waals surface area contributed by atoms with Gasteiger partial charge < -0.3 is 0 Å². The molecule has 0 radical (unpaired) electrons. The van der Waals surface area contributed by atoms with Gasteiger partial charge in [0.05, 0.1) is 6.20 Å². The van der Waals surface area contributed by atoms with Crippen LogP contribution in [0, 0.1) is 0 Å². The van der Waals surface area contributed by atoms with Gasteiger partial charge in [0, 0.05) is 22.3 Å². The van der Waals surface area contributed by atoms with Crippen molar-refractivity contribution in [1.29, 1.82) is 0 Å². The number of thiophene rings is 1. The van der Waals surface area contributed by atoms with Crippen LogP contribution >= 0.6 is 27.3 Å². The molecule has 2 aromatic rings. The van der Waals surface area contributed by atoms with Crippen molar-refractivity contribution in [2.75, 3.05) is 0 Å². The van der Waals surface area contributed by atoms with Gasteiger partial charge in [0.1, 0.15) is 4.21 Å². The Labute approximate surface area is 111 Å². The fourth-order valence-corrected chi connectivity index (χ4v) is 4.91. The predicted molar refractivity (Wildman–Crippen MR) is 69.3 cm³/mol. The van der Waals surface area contributed by atoms with Gasteiger partial charge in [0.2, 0.25) is 0 Å². The van der Waals surface area contributed by atoms with Crippen molar-refractivity contribution in [3.05, 3.63) is 33.9 Å². The number of H-pyrrole nitrogens is 1. The van der Waals surface area contributed by atoms with Gasteiger partial charge in [-0.25, -0.2) is 13.1 Å². The van der Waals surface area contributed by atoms with Crippen molar-refractivity contribution in [3.8, 4) is 0 Å². The molecule has 0 fully saturated rings. The van der Waals surface area contributed by atoms with Gasteiger partial charge in [-0.1, -0.05) is 0 Å². The number of nitrogens with one attached hydrogen (secondary N) is 2. The second-order valence-electron chi connectivity index (χ2n) is 3.43. The highest BCUT2D eigenvalue weighted by Gasteiger charge is 2.22. The van der Waals surface area contributed by atoms with Crippen LogP contribution < -0.4 is 4.72 Å². The molecule has 17 heavy (non-hydrogen) atoms. The molecular formula is C9H10BrN3O2S2. The van der Waals surface area contributed by atoms with Crippen LogP contribution in [-0.2, 0) is 10.0 Å². The summed E-state index contributed by atoms with van der Waals surface area (Å²) >= 11 is 4.39. The maximum atomic E-state index is 12.1. The Kier molecular flexibility index (Phi) is 3.67. The lowest BCUT2D eigenvalue weighted by atomic mass is 10.2. The first-order chi connectivity index (χ1) is 8.00. The van der Waals surface area contributed by atoms with E-state index < -0.39 is 10.0 Å². The lowest BCUT2D eigenvalue weighted by Crippen LogP contribution is -2.26. The Hall–Kier alpha value is -0.700. The standard InChI is InChI=1S/C9H10BrN3O2S2/c1-6(7-4-11-12-5-7)13-17(14,15)9-8(10)2-3-16-9/h2-6,13H,1H3,(H,11,12). The van der Waals surface area contributed by atoms with Crippen LogP contribution in [0.1, 0.15) is 18.5 Å². The minimum Gasteiger partial charge on any atom is -0.285 e. The van der Waals surface area contributed by atoms with Crippen LogP contribution in [0.25, 0.3) is 0 Å². The van der Waals surface area contributed by atoms with Gasteiger partial charge in [-0.2, -0.15) is 5.10 Å². The zero-order chi connectivity index (χ0) is 12.5. The SMILES string of the molecule is CC(NS(=O)(=O)c1sccc1Br)c1cn[nH]c1. The average molecular weight is 336 g/mol. The van der Waals surface area contributed by atoms with Gasteiger partial charge in [-0.05, 0) is 34.3 Å². The summed E-state index contributed by atoms with van der Waals surface area (Å²) in [4.78, 5) is 0. The lowest BCUT2D eigenvalue weighted by Gasteiger charge is -2.11. The fraction of sp³-hybridized carbons (Fsp3) is 0.222. The molecule has 5 nitrogen and oxygen atoms in total. The van der Waals surface area contributed by atoms with E-state index in [4.69, 9.17) is 0 Å². The Morgan fingerprint density at radius 2 is 2.35 bits per heavy atom. The third kappa shape index (κ3) is 2.76. The molecule has 0 amide bonds. The Morgan fingerprint density at radius 3 is 2.88 bits per heavy atom. The summed E-state index contributed by atoms with van der Waals surface area (Å²) in [6, 6.07) is 1.38. The van der Waals surface area contributed by atoms with Crippen molar-refractivity contribution < 1.29 is 8.42 Å². The van der Waals surface area contributed by atoms with E-state index >= 15 is 0 Å². The van der Waals surface area contributed by atoms with Gasteiger partial charge >= 0.3 is 0 Å². The van der Waals surface area contributed by atoms with E-state index in [0.29, 0.717) is 4.47 Å². The van der Waals surface area contributed by atoms with E-state index in [1.165, 1.54) is 11.3 Å². The minimum absolute atomic E-state index is 0.285. The zero-order valence-electron chi connectivity index (χ0n) is 8.84. The molecule has 1 unspecified atom stereocenters. The van der Waals surface area contributed by atoms with Crippen molar-refractivity contribution in [3.63, 3.8) is 0 Å². The Balaban J connectivity index is 2.22. The summed E-state index contributed by atoms with van der Waals surface area (Å²) in [6.07, 6.45) is 3.26. The van der Waals surface area contributed by atoms with Crippen LogP contribution in [0.2, 0.25) is 0 Å². The topological polar surface area (TPSA) is 74.8 Å². The fourth-order valence-electron chi connectivity index (χ4n) is 1.32. The second-order valence-corrected chi connectivity index (χ2v) is 7.11. The highest BCUT2D eigenvalue weighted by atomic mass is 79.9. The minimum atomic E-state index is -3.49. The zero-order valence-corrected chi connectivity index (χ0v) is 12.1. The molecule has 0 aliphatic heterocycles. The number of hydrogen-bond donors (Lipinski definition) is 2. The molecular weight excluding hydrogens is 326 g/mol. The van der Waals surface area contributed by atoms with Crippen molar-refractivity contribution in [2.24, 2.45) is 0 Å². The van der Waals surface area contributed by atoms with E-state index in [-0.39, 0.29) is 10.3 Å². The molecule has 8 heteroatoms. The maximum Gasteiger partial charge on any atom is 0.251 e. The van der Waals surface area contributed by atoms with Crippen LogP contribution in [0.4, 0.5) is 0 Å². The third-order valence-corrected chi connectivity index (χ3v) is 6.39. The van der Waals surface area contributed by atoms with Gasteiger partial charge in [0.25, 0.3) is 10.0 Å². The molecule has 0 saturated carbocycles. The summed E-state index contributed by atoms with van der Waals surface area (Å²) in [5.74, 6) is 0. The number of halogens is 1. The quantitative estimate of drug-likeness (QED) is 0.899. The molecule has 0 aromatic carbocycles. The molecule has 2 heterocycles. The summed E-state index contributed by atoms with van der Waals surface area (Å²) in [5, 5.41) is 8.16. The Bertz CT molecular complexity index is 592. The maximum absolute atomic E-state index is 12.1. The van der Waals surface area contributed by atoms with E-state index in [1.54, 1.807) is 30.8 Å². The Morgan fingerprint density at radius 1 is 1.59 bits per heavy atom. The number of aromatic amines is 1. The number of sulfonamides is 1. The number of aromatic nitrogens is 2. The summed E-state index contributed by atoms with van der Waals surface area (Å²) in [6.45, 7) is 1.77. The highest BCUT2D eigenvalue weighted by Crippen LogP contribution is 2.28. The summed E-state index contributed by atoms with van der Waals surface area (Å²) < 4.78 is 27.6. The molecule has 0 bridgehead atoms. The van der Waals surface area contributed by atoms with Crippen molar-refractivity contribution >= 4 is 37.3 Å². The second kappa shape index (κ2) is 4.89. The largest absolute Gasteiger partial charge is 0.285 e. The molecule has 0 aliphatic rings. The third-order valence-electron chi connectivity index (χ3n) is 2.18. The molecule has 2 N–H and O–H groups in total. The first kappa shape index (κ1) is 12.7. The van der Waals surface area contributed by atoms with Crippen LogP contribution in [0.3, 0.4) is 0 Å². The molecule has 0 spiro atoms. The summed E-state index contributed by atoms with van der Waals surface area (Å²) in [5.41, 5.74) is 0.793. The molecule has 2 aromatic heterocycles. The van der Waals surface area contributed by atoms with E-state index in [9.17, 15) is 8.42 Å². The first-order valence-corrected chi connectivity index (χ1v) is 7.90. The van der Waals surface area contributed by atoms with Crippen molar-refractivity contribution in [2.45, 2.75) is 17.2 Å². The van der Waals surface area contributed by atoms with Crippen LogP contribution in [0.15, 0.2) is 32.5 Å². The molecule has 1 atom stereocenters. The lowest BCUT2D eigenvalue weighted by molar-refractivity contribution is 0.568. The molecule has 0 aliphatic carbocycles. The smallest absolute Gasteiger partial charge is 0.251 e. The van der Waals surface area contributed by atoms with Gasteiger partial charge in [-0.3, -0.25) is 5.10 Å². The number of rotatable bonds is 4. The number of hydrogen-bond acceptors (Lipinski definition) is 4. The van der Waals surface area contributed by atoms with Gasteiger partial charge in [0.15, 0.2) is 0 Å². The van der Waals surface area contributed by atoms with Gasteiger partial charge in [-0.15, -0.1) is 11.3 Å². The highest BCUT2D eigenvalue weighted by molar-refractivity contribution is 9.10. The van der Waals surface area contributed by atoms with Crippen molar-refractivity contribution in [1.82, 2.24) is 14.9 Å². The average Bonchev–Trinajstić information content (AvgIpc) is 2.85. The van der Waals surface area contributed by atoms with E-state index in [0.717, 1.165) is 5.56 Å². The van der Waals surface area contributed by atoms with Crippen LogP contribution in [0.5, 0.6) is 0 Å². The van der Waals surface area contributed by atoms with E-state index in [2.05, 4.69) is 30.8 Å². The molecule has 92 valence electrons. The first-order valence-electron chi connectivity index (χ1n) is 4.74. The predicted octanol–water partition coefficient (Wildman–Crippen LogP) is 2.27. The van der Waals surface area contributed by atoms with Crippen LogP contribution in [-0.4, -0.2) is 18.6 Å². The molecule has 2 rings (SSSR count). The summed E-state index contributed by atoms with van der Waals surface area (Å²) in [7, 11) is -3.49. The monoisotopic (exact) mass is 335 g/mol. The van der Waals surface area contributed by atoms with E-state index in [1.807, 2.05) is 0 Å². The number of nitrogens with zero attached hydrogens (tertiary/aromatic N) is 1. The molecule has 0 saturated heterocycles. The normalized spacial score (nSPS) is 13.8.